The largest absolute Gasteiger partial charge is 0.412 e. The molecule has 1 aliphatic rings. The maximum Gasteiger partial charge on any atom is 0.293 e. The normalized spacial score (nSPS) is 19.4. The van der Waals surface area contributed by atoms with Gasteiger partial charge in [0.15, 0.2) is 17.8 Å². The molecule has 8 heteroatoms. The van der Waals surface area contributed by atoms with Crippen LogP contribution in [0.3, 0.4) is 0 Å². The Morgan fingerprint density at radius 3 is 2.79 bits per heavy atom. The van der Waals surface area contributed by atoms with Crippen molar-refractivity contribution < 1.29 is 10.3 Å². The minimum atomic E-state index is -0.753. The van der Waals surface area contributed by atoms with Crippen LogP contribution in [0.2, 0.25) is 0 Å². The van der Waals surface area contributed by atoms with Crippen molar-refractivity contribution in [3.05, 3.63) is 18.1 Å². The molecule has 14 heavy (non-hydrogen) atoms. The third kappa shape index (κ3) is 1.37. The lowest BCUT2D eigenvalue weighted by molar-refractivity contribution is 0.0681. The van der Waals surface area contributed by atoms with E-state index in [2.05, 4.69) is 15.3 Å². The van der Waals surface area contributed by atoms with E-state index >= 15 is 0 Å². The number of hydrazine groups is 1. The number of anilines is 1. The number of nitrogens with one attached hydrogen (secondary N) is 1. The van der Waals surface area contributed by atoms with Gasteiger partial charge >= 0.3 is 0 Å². The number of carbonyl (C=O) groups excluding carboxylic acids is 1. The average Bonchev–Trinajstić information content (AvgIpc) is 2.15. The number of hydrogen-bond acceptors (Lipinski definition) is 6. The first-order valence-corrected chi connectivity index (χ1v) is 3.61. The molecule has 0 aromatic carbocycles. The van der Waals surface area contributed by atoms with Crippen LogP contribution in [0, 0.1) is 0 Å². The summed E-state index contributed by atoms with van der Waals surface area (Å²) in [5, 5.41) is 3.60. The lowest BCUT2D eigenvalue weighted by Gasteiger charge is -2.29. The van der Waals surface area contributed by atoms with Crippen LogP contribution in [0.4, 0.5) is 5.82 Å². The lowest BCUT2D eigenvalue weighted by Crippen LogP contribution is -2.57. The molecule has 76 valence electrons. The fourth-order valence-electron chi connectivity index (χ4n) is 1.06. The van der Waals surface area contributed by atoms with Gasteiger partial charge in [-0.15, -0.1) is 0 Å². The topological polar surface area (TPSA) is 142 Å². The monoisotopic (exact) mass is 198 g/mol. The highest BCUT2D eigenvalue weighted by atomic mass is 16.2. The van der Waals surface area contributed by atoms with Gasteiger partial charge in [-0.3, -0.25) is 10.5 Å². The van der Waals surface area contributed by atoms with Crippen molar-refractivity contribution in [2.75, 3.05) is 5.32 Å². The molecular formula is C6H10N6O2. The van der Waals surface area contributed by atoms with Crippen LogP contribution in [0.25, 0.3) is 0 Å². The van der Waals surface area contributed by atoms with E-state index in [4.69, 9.17) is 11.6 Å². The Hall–Kier alpha value is -1.77. The van der Waals surface area contributed by atoms with Gasteiger partial charge in [-0.05, 0) is 0 Å². The van der Waals surface area contributed by atoms with Gasteiger partial charge in [-0.2, -0.15) is 0 Å². The van der Waals surface area contributed by atoms with Crippen molar-refractivity contribution >= 4 is 11.7 Å². The first-order valence-electron chi connectivity index (χ1n) is 3.61. The zero-order chi connectivity index (χ0) is 9.42. The molecule has 0 saturated carbocycles. The zero-order valence-corrected chi connectivity index (χ0v) is 7.14. The Balaban J connectivity index is 0.000000980. The van der Waals surface area contributed by atoms with E-state index in [-0.39, 0.29) is 11.2 Å². The Morgan fingerprint density at radius 2 is 2.07 bits per heavy atom. The van der Waals surface area contributed by atoms with Gasteiger partial charge in [-0.1, -0.05) is 0 Å². The first kappa shape index (κ1) is 10.3. The molecule has 7 N–H and O–H groups in total. The van der Waals surface area contributed by atoms with Crippen LogP contribution in [-0.2, 0) is 0 Å². The van der Waals surface area contributed by atoms with E-state index in [1.54, 1.807) is 0 Å². The second-order valence-corrected chi connectivity index (χ2v) is 2.56. The number of nitrogens with zero attached hydrogens (tertiary/aromatic N) is 3. The summed E-state index contributed by atoms with van der Waals surface area (Å²) in [6.07, 6.45) is 2.14. The third-order valence-corrected chi connectivity index (χ3v) is 1.72. The number of rotatable bonds is 0. The summed E-state index contributed by atoms with van der Waals surface area (Å²) < 4.78 is 0. The number of amides is 1. The number of nitrogens with two attached hydrogens (primary N) is 2. The summed E-state index contributed by atoms with van der Waals surface area (Å²) in [6.45, 7) is 0. The van der Waals surface area contributed by atoms with Gasteiger partial charge in [0.05, 0.1) is 0 Å². The molecule has 0 aliphatic carbocycles. The van der Waals surface area contributed by atoms with E-state index in [0.29, 0.717) is 5.82 Å². The van der Waals surface area contributed by atoms with Crippen molar-refractivity contribution in [1.82, 2.24) is 15.0 Å². The molecule has 1 amide bonds. The number of fused-ring (bicyclic) bond motifs is 1. The quantitative estimate of drug-likeness (QED) is 0.314. The van der Waals surface area contributed by atoms with Gasteiger partial charge in [0.2, 0.25) is 0 Å². The van der Waals surface area contributed by atoms with Gasteiger partial charge in [0.25, 0.3) is 5.91 Å². The molecular weight excluding hydrogens is 188 g/mol. The Kier molecular flexibility index (Phi) is 2.60. The van der Waals surface area contributed by atoms with Gasteiger partial charge < -0.3 is 10.8 Å². The summed E-state index contributed by atoms with van der Waals surface area (Å²) in [5.74, 6) is 5.29. The molecule has 0 bridgehead atoms. The summed E-state index contributed by atoms with van der Waals surface area (Å²) in [4.78, 5) is 19.1. The molecule has 0 spiro atoms. The number of hydrogen-bond donors (Lipinski definition) is 3. The van der Waals surface area contributed by atoms with Crippen LogP contribution in [-0.4, -0.2) is 32.6 Å². The Labute approximate surface area is 79.2 Å². The van der Waals surface area contributed by atoms with Crippen LogP contribution in [0.15, 0.2) is 12.4 Å². The fourth-order valence-corrected chi connectivity index (χ4v) is 1.06. The SMILES string of the molecule is NC1Nc2nccnc2C(=O)N1N.O. The van der Waals surface area contributed by atoms with E-state index in [1.807, 2.05) is 0 Å². The van der Waals surface area contributed by atoms with Crippen LogP contribution < -0.4 is 16.9 Å². The number of aromatic nitrogens is 2. The van der Waals surface area contributed by atoms with Crippen molar-refractivity contribution in [3.63, 3.8) is 0 Å². The minimum absolute atomic E-state index is 0. The molecule has 1 aliphatic heterocycles. The highest BCUT2D eigenvalue weighted by Gasteiger charge is 2.29. The van der Waals surface area contributed by atoms with Crippen molar-refractivity contribution in [3.8, 4) is 0 Å². The van der Waals surface area contributed by atoms with Crippen LogP contribution in [0.1, 0.15) is 10.5 Å². The molecule has 2 heterocycles. The minimum Gasteiger partial charge on any atom is -0.412 e. The van der Waals surface area contributed by atoms with Crippen molar-refractivity contribution in [1.29, 1.82) is 0 Å². The molecule has 1 aromatic rings. The van der Waals surface area contributed by atoms with E-state index in [0.717, 1.165) is 5.01 Å². The van der Waals surface area contributed by atoms with Crippen LogP contribution >= 0.6 is 0 Å². The predicted molar refractivity (Wildman–Crippen MR) is 47.6 cm³/mol. The number of carbonyl (C=O) groups is 1. The second kappa shape index (κ2) is 3.54. The summed E-state index contributed by atoms with van der Waals surface area (Å²) in [6, 6.07) is 0. The maximum absolute atomic E-state index is 11.4. The predicted octanol–water partition coefficient (Wildman–Crippen LogP) is -2.36. The smallest absolute Gasteiger partial charge is 0.293 e. The highest BCUT2D eigenvalue weighted by molar-refractivity contribution is 5.98. The molecule has 1 atom stereocenters. The molecule has 0 radical (unpaired) electrons. The molecule has 1 unspecified atom stereocenters. The zero-order valence-electron chi connectivity index (χ0n) is 7.14. The standard InChI is InChI=1S/C6H8N6O.H2O/c7-6-11-4-3(5(13)12(6)8)9-1-2-10-4;/h1-2,6H,7-8H2,(H,10,11);1H2. The first-order chi connectivity index (χ1) is 6.20. The third-order valence-electron chi connectivity index (χ3n) is 1.72. The lowest BCUT2D eigenvalue weighted by atomic mass is 10.3. The Morgan fingerprint density at radius 1 is 1.43 bits per heavy atom. The maximum atomic E-state index is 11.4. The summed E-state index contributed by atoms with van der Waals surface area (Å²) in [7, 11) is 0. The van der Waals surface area contributed by atoms with E-state index in [9.17, 15) is 4.79 Å². The second-order valence-electron chi connectivity index (χ2n) is 2.56. The van der Waals surface area contributed by atoms with Gasteiger partial charge in [0.1, 0.15) is 0 Å². The summed E-state index contributed by atoms with van der Waals surface area (Å²) >= 11 is 0. The van der Waals surface area contributed by atoms with E-state index in [1.165, 1.54) is 12.4 Å². The van der Waals surface area contributed by atoms with Crippen LogP contribution in [0.5, 0.6) is 0 Å². The Bertz CT molecular complexity index is 356. The molecule has 2 rings (SSSR count). The fraction of sp³-hybridized carbons (Fsp3) is 0.167. The van der Waals surface area contributed by atoms with Gasteiger partial charge in [-0.25, -0.2) is 20.8 Å². The van der Waals surface area contributed by atoms with Crippen molar-refractivity contribution in [2.45, 2.75) is 6.29 Å². The molecule has 0 saturated heterocycles. The van der Waals surface area contributed by atoms with Crippen molar-refractivity contribution in [2.24, 2.45) is 11.6 Å². The molecule has 1 aromatic heterocycles. The highest BCUT2D eigenvalue weighted by Crippen LogP contribution is 2.15. The molecule has 8 nitrogen and oxygen atoms in total. The molecule has 0 fully saturated rings. The average molecular weight is 198 g/mol. The van der Waals surface area contributed by atoms with Gasteiger partial charge in [0, 0.05) is 12.4 Å². The summed E-state index contributed by atoms with van der Waals surface area (Å²) in [5.41, 5.74) is 5.67. The van der Waals surface area contributed by atoms with E-state index < -0.39 is 12.2 Å².